The van der Waals surface area contributed by atoms with Crippen molar-refractivity contribution >= 4 is 0 Å². The summed E-state index contributed by atoms with van der Waals surface area (Å²) in [5, 5.41) is 10.1. The average Bonchev–Trinajstić information content (AvgIpc) is 2.27. The minimum absolute atomic E-state index is 0.104. The number of hydrogen-bond acceptors (Lipinski definition) is 1. The van der Waals surface area contributed by atoms with E-state index in [-0.39, 0.29) is 5.92 Å². The van der Waals surface area contributed by atoms with Crippen LogP contribution in [0.2, 0.25) is 0 Å². The highest BCUT2D eigenvalue weighted by Gasteiger charge is 2.20. The van der Waals surface area contributed by atoms with Gasteiger partial charge >= 0.3 is 0 Å². The lowest BCUT2D eigenvalue weighted by Gasteiger charge is -2.23. The summed E-state index contributed by atoms with van der Waals surface area (Å²) in [4.78, 5) is 0. The molecule has 0 bridgehead atoms. The maximum atomic E-state index is 10.1. The fourth-order valence-electron chi connectivity index (χ4n) is 1.67. The van der Waals surface area contributed by atoms with Crippen molar-refractivity contribution in [1.82, 2.24) is 0 Å². The number of aliphatic hydroxyl groups is 1. The molecule has 0 saturated heterocycles. The number of rotatable bonds is 4. The van der Waals surface area contributed by atoms with E-state index >= 15 is 0 Å². The molecule has 0 saturated carbocycles. The second-order valence-electron chi connectivity index (χ2n) is 4.37. The molecule has 0 radical (unpaired) electrons. The Morgan fingerprint density at radius 3 is 2.13 bits per heavy atom. The molecule has 0 heterocycles. The van der Waals surface area contributed by atoms with Crippen LogP contribution in [-0.2, 0) is 0 Å². The van der Waals surface area contributed by atoms with Crippen molar-refractivity contribution in [1.29, 1.82) is 0 Å². The van der Waals surface area contributed by atoms with Crippen LogP contribution in [-0.4, -0.2) is 5.11 Å². The first-order chi connectivity index (χ1) is 7.04. The standard InChI is InChI=1S/C14H20O/c1-10(2)11(3)12(4)14(15)13-8-6-5-7-9-13/h5-10,12,14-15H,3H2,1-2,4H3/t12-,14-/m0/s1. The smallest absolute Gasteiger partial charge is 0.0852 e. The topological polar surface area (TPSA) is 20.2 Å². The van der Waals surface area contributed by atoms with Crippen molar-refractivity contribution in [2.24, 2.45) is 11.8 Å². The lowest BCUT2D eigenvalue weighted by molar-refractivity contribution is 0.130. The van der Waals surface area contributed by atoms with Gasteiger partial charge in [-0.3, -0.25) is 0 Å². The Morgan fingerprint density at radius 2 is 1.67 bits per heavy atom. The molecule has 0 aliphatic rings. The van der Waals surface area contributed by atoms with Gasteiger partial charge in [-0.05, 0) is 11.5 Å². The molecule has 1 nitrogen and oxygen atoms in total. The predicted octanol–water partition coefficient (Wildman–Crippen LogP) is 3.57. The van der Waals surface area contributed by atoms with E-state index in [0.717, 1.165) is 11.1 Å². The van der Waals surface area contributed by atoms with Crippen LogP contribution in [0.3, 0.4) is 0 Å². The summed E-state index contributed by atoms with van der Waals surface area (Å²) in [5.74, 6) is 0.519. The highest BCUT2D eigenvalue weighted by Crippen LogP contribution is 2.29. The first kappa shape index (κ1) is 12.0. The first-order valence-corrected chi connectivity index (χ1v) is 5.45. The Morgan fingerprint density at radius 1 is 1.13 bits per heavy atom. The van der Waals surface area contributed by atoms with Gasteiger partial charge in [-0.15, -0.1) is 0 Å². The molecule has 1 aromatic carbocycles. The van der Waals surface area contributed by atoms with Crippen molar-refractivity contribution in [3.8, 4) is 0 Å². The van der Waals surface area contributed by atoms with E-state index in [1.807, 2.05) is 37.3 Å². The summed E-state index contributed by atoms with van der Waals surface area (Å²) >= 11 is 0. The van der Waals surface area contributed by atoms with Gasteiger partial charge in [-0.2, -0.15) is 0 Å². The van der Waals surface area contributed by atoms with Crippen LogP contribution in [0, 0.1) is 11.8 Å². The van der Waals surface area contributed by atoms with E-state index in [4.69, 9.17) is 0 Å². The highest BCUT2D eigenvalue weighted by atomic mass is 16.3. The Kier molecular flexibility index (Phi) is 4.10. The van der Waals surface area contributed by atoms with Crippen LogP contribution in [0.25, 0.3) is 0 Å². The summed E-state index contributed by atoms with van der Waals surface area (Å²) in [7, 11) is 0. The average molecular weight is 204 g/mol. The lowest BCUT2D eigenvalue weighted by atomic mass is 9.86. The van der Waals surface area contributed by atoms with Crippen molar-refractivity contribution in [2.45, 2.75) is 26.9 Å². The van der Waals surface area contributed by atoms with Crippen LogP contribution in [0.4, 0.5) is 0 Å². The molecule has 15 heavy (non-hydrogen) atoms. The van der Waals surface area contributed by atoms with Crippen molar-refractivity contribution in [3.05, 3.63) is 48.0 Å². The summed E-state index contributed by atoms with van der Waals surface area (Å²) in [6, 6.07) is 9.76. The quantitative estimate of drug-likeness (QED) is 0.743. The van der Waals surface area contributed by atoms with E-state index < -0.39 is 6.10 Å². The maximum Gasteiger partial charge on any atom is 0.0852 e. The Balaban J connectivity index is 2.77. The van der Waals surface area contributed by atoms with Crippen LogP contribution in [0.15, 0.2) is 42.5 Å². The summed E-state index contributed by atoms with van der Waals surface area (Å²) in [6.45, 7) is 10.3. The molecule has 1 aromatic rings. The van der Waals surface area contributed by atoms with Crippen LogP contribution in [0.1, 0.15) is 32.4 Å². The zero-order chi connectivity index (χ0) is 11.4. The van der Waals surface area contributed by atoms with Crippen LogP contribution < -0.4 is 0 Å². The summed E-state index contributed by atoms with van der Waals surface area (Å²) in [5.41, 5.74) is 2.07. The Bertz CT molecular complexity index is 313. The number of benzene rings is 1. The van der Waals surface area contributed by atoms with Gasteiger partial charge in [0.15, 0.2) is 0 Å². The van der Waals surface area contributed by atoms with E-state index in [1.54, 1.807) is 0 Å². The van der Waals surface area contributed by atoms with E-state index in [1.165, 1.54) is 0 Å². The molecule has 0 unspecified atom stereocenters. The van der Waals surface area contributed by atoms with E-state index in [9.17, 15) is 5.11 Å². The predicted molar refractivity (Wildman–Crippen MR) is 64.5 cm³/mol. The summed E-state index contributed by atoms with van der Waals surface area (Å²) in [6.07, 6.45) is -0.443. The molecule has 2 atom stereocenters. The van der Waals surface area contributed by atoms with Gasteiger partial charge in [0.1, 0.15) is 0 Å². The van der Waals surface area contributed by atoms with Crippen molar-refractivity contribution in [3.63, 3.8) is 0 Å². The molecule has 82 valence electrons. The van der Waals surface area contributed by atoms with Crippen molar-refractivity contribution < 1.29 is 5.11 Å². The van der Waals surface area contributed by atoms with Gasteiger partial charge in [0.2, 0.25) is 0 Å². The fourth-order valence-corrected chi connectivity index (χ4v) is 1.67. The number of aliphatic hydroxyl groups excluding tert-OH is 1. The maximum absolute atomic E-state index is 10.1. The molecule has 0 aliphatic heterocycles. The van der Waals surface area contributed by atoms with Gasteiger partial charge in [0, 0.05) is 5.92 Å². The normalized spacial score (nSPS) is 15.0. The Hall–Kier alpha value is -1.08. The molecule has 1 heteroatoms. The number of hydrogen-bond donors (Lipinski definition) is 1. The third-order valence-corrected chi connectivity index (χ3v) is 2.94. The zero-order valence-electron chi connectivity index (χ0n) is 9.77. The molecular weight excluding hydrogens is 184 g/mol. The zero-order valence-corrected chi connectivity index (χ0v) is 9.77. The lowest BCUT2D eigenvalue weighted by Crippen LogP contribution is -2.14. The molecule has 1 N–H and O–H groups in total. The second kappa shape index (κ2) is 5.13. The minimum atomic E-state index is -0.443. The van der Waals surface area contributed by atoms with Gasteiger partial charge in [0.25, 0.3) is 0 Å². The third kappa shape index (κ3) is 2.93. The van der Waals surface area contributed by atoms with Gasteiger partial charge < -0.3 is 5.11 Å². The van der Waals surface area contributed by atoms with Gasteiger partial charge in [0.05, 0.1) is 6.10 Å². The van der Waals surface area contributed by atoms with Gasteiger partial charge in [-0.25, -0.2) is 0 Å². The molecule has 0 spiro atoms. The second-order valence-corrected chi connectivity index (χ2v) is 4.37. The first-order valence-electron chi connectivity index (χ1n) is 5.45. The monoisotopic (exact) mass is 204 g/mol. The van der Waals surface area contributed by atoms with E-state index in [2.05, 4.69) is 20.4 Å². The molecule has 0 aliphatic carbocycles. The third-order valence-electron chi connectivity index (χ3n) is 2.94. The molecule has 0 amide bonds. The van der Waals surface area contributed by atoms with Crippen LogP contribution >= 0.6 is 0 Å². The van der Waals surface area contributed by atoms with Gasteiger partial charge in [-0.1, -0.05) is 63.3 Å². The molecule has 0 aromatic heterocycles. The SMILES string of the molecule is C=C(C(C)C)[C@H](C)[C@H](O)c1ccccc1. The largest absolute Gasteiger partial charge is 0.388 e. The van der Waals surface area contributed by atoms with E-state index in [0.29, 0.717) is 5.92 Å². The Labute approximate surface area is 92.5 Å². The molecular formula is C14H20O. The fraction of sp³-hybridized carbons (Fsp3) is 0.429. The molecule has 1 rings (SSSR count). The molecule has 0 fully saturated rings. The minimum Gasteiger partial charge on any atom is -0.388 e. The van der Waals surface area contributed by atoms with Crippen molar-refractivity contribution in [2.75, 3.05) is 0 Å². The van der Waals surface area contributed by atoms with Crippen LogP contribution in [0.5, 0.6) is 0 Å². The summed E-state index contributed by atoms with van der Waals surface area (Å²) < 4.78 is 0. The highest BCUT2D eigenvalue weighted by molar-refractivity contribution is 5.20.